The lowest BCUT2D eigenvalue weighted by Gasteiger charge is -2.28. The van der Waals surface area contributed by atoms with E-state index in [2.05, 4.69) is 20.6 Å². The average Bonchev–Trinajstić information content (AvgIpc) is 3.33. The summed E-state index contributed by atoms with van der Waals surface area (Å²) >= 11 is 7.47. The Balaban J connectivity index is 1.60. The molecule has 0 saturated carbocycles. The van der Waals surface area contributed by atoms with Crippen molar-refractivity contribution in [3.05, 3.63) is 56.9 Å². The molecule has 4 heterocycles. The van der Waals surface area contributed by atoms with Crippen LogP contribution in [0.25, 0.3) is 0 Å². The van der Waals surface area contributed by atoms with Gasteiger partial charge in [-0.15, -0.1) is 11.3 Å². The van der Waals surface area contributed by atoms with E-state index in [0.717, 1.165) is 10.9 Å². The average molecular weight is 605 g/mol. The summed E-state index contributed by atoms with van der Waals surface area (Å²) in [5.74, 6) is -2.01. The van der Waals surface area contributed by atoms with Gasteiger partial charge in [-0.2, -0.15) is 5.26 Å². The number of aromatic nitrogens is 2. The third kappa shape index (κ3) is 8.03. The van der Waals surface area contributed by atoms with Crippen molar-refractivity contribution in [2.75, 3.05) is 41.8 Å². The number of nitriles is 1. The van der Waals surface area contributed by atoms with Crippen molar-refractivity contribution in [3.63, 3.8) is 0 Å². The topological polar surface area (TPSA) is 112 Å². The number of morpholine rings is 1. The van der Waals surface area contributed by atoms with Gasteiger partial charge in [-0.05, 0) is 44.9 Å². The normalized spacial score (nSPS) is 15.1. The van der Waals surface area contributed by atoms with Crippen LogP contribution >= 0.6 is 22.9 Å². The van der Waals surface area contributed by atoms with E-state index in [1.807, 2.05) is 13.0 Å². The van der Waals surface area contributed by atoms with Crippen LogP contribution in [0.1, 0.15) is 50.6 Å². The molecule has 41 heavy (non-hydrogen) atoms. The number of pyridine rings is 2. The maximum atomic E-state index is 15.2. The smallest absolute Gasteiger partial charge is 0.306 e. The van der Waals surface area contributed by atoms with Crippen LogP contribution < -0.4 is 15.5 Å². The Morgan fingerprint density at radius 2 is 1.98 bits per heavy atom. The first-order chi connectivity index (χ1) is 19.4. The highest BCUT2D eigenvalue weighted by molar-refractivity contribution is 7.16. The number of ether oxygens (including phenoxy) is 2. The molecule has 0 unspecified atom stereocenters. The summed E-state index contributed by atoms with van der Waals surface area (Å²) in [4.78, 5) is 23.7. The third-order valence-electron chi connectivity index (χ3n) is 6.16. The van der Waals surface area contributed by atoms with E-state index in [0.29, 0.717) is 30.6 Å². The Kier molecular flexibility index (Phi) is 9.63. The van der Waals surface area contributed by atoms with E-state index in [-0.39, 0.29) is 41.0 Å². The van der Waals surface area contributed by atoms with Crippen LogP contribution in [0.2, 0.25) is 4.34 Å². The van der Waals surface area contributed by atoms with Crippen LogP contribution in [0.5, 0.6) is 0 Å². The molecule has 3 aromatic rings. The van der Waals surface area contributed by atoms with Crippen LogP contribution in [0.15, 0.2) is 30.5 Å². The largest absolute Gasteiger partial charge is 0.460 e. The highest BCUT2D eigenvalue weighted by Crippen LogP contribution is 2.36. The first-order valence-electron chi connectivity index (χ1n) is 13.0. The zero-order valence-electron chi connectivity index (χ0n) is 23.1. The molecule has 0 aromatic carbocycles. The highest BCUT2D eigenvalue weighted by Gasteiger charge is 2.28. The standard InChI is InChI=1S/C28H31ClF2N6O3S/c1-16(11-23(38)40-28(2,3)4)24(21-5-6-22(29)41-21)35-26-19(30)12-17(14-32)25(36-26)34-18-13-20(31)27(33-15-18)37-7-9-39-10-8-37/h5-6,12-13,15-16,24H,7-11H2,1-4H3,(H2,34,35,36)/t16-,24+/m1/s1. The predicted molar refractivity (Wildman–Crippen MR) is 155 cm³/mol. The van der Waals surface area contributed by atoms with E-state index >= 15 is 4.39 Å². The maximum Gasteiger partial charge on any atom is 0.306 e. The van der Waals surface area contributed by atoms with Gasteiger partial charge in [-0.3, -0.25) is 4.79 Å². The second kappa shape index (κ2) is 13.0. The van der Waals surface area contributed by atoms with Crippen molar-refractivity contribution in [1.29, 1.82) is 5.26 Å². The third-order valence-corrected chi connectivity index (χ3v) is 7.48. The molecule has 2 N–H and O–H groups in total. The number of esters is 1. The van der Waals surface area contributed by atoms with Gasteiger partial charge in [-0.25, -0.2) is 18.7 Å². The summed E-state index contributed by atoms with van der Waals surface area (Å²) in [5, 5.41) is 15.6. The Morgan fingerprint density at radius 3 is 2.59 bits per heavy atom. The van der Waals surface area contributed by atoms with Crippen LogP contribution in [-0.4, -0.2) is 47.8 Å². The fourth-order valence-corrected chi connectivity index (χ4v) is 5.56. The molecule has 1 aliphatic rings. The molecule has 3 aromatic heterocycles. The molecule has 0 radical (unpaired) electrons. The number of anilines is 4. The quantitative estimate of drug-likeness (QED) is 0.266. The molecule has 0 amide bonds. The number of hydrogen-bond acceptors (Lipinski definition) is 10. The monoisotopic (exact) mass is 604 g/mol. The lowest BCUT2D eigenvalue weighted by atomic mass is 9.96. The van der Waals surface area contributed by atoms with E-state index in [1.165, 1.54) is 23.6 Å². The summed E-state index contributed by atoms with van der Waals surface area (Å²) in [7, 11) is 0. The van der Waals surface area contributed by atoms with Crippen LogP contribution in [0.4, 0.5) is 31.9 Å². The molecule has 1 saturated heterocycles. The number of nitrogens with one attached hydrogen (secondary N) is 2. The molecular formula is C28H31ClF2N6O3S. The van der Waals surface area contributed by atoms with Crippen LogP contribution in [0.3, 0.4) is 0 Å². The summed E-state index contributed by atoms with van der Waals surface area (Å²) in [6.45, 7) is 9.19. The molecule has 0 spiro atoms. The fraction of sp³-hybridized carbons (Fsp3) is 0.429. The van der Waals surface area contributed by atoms with Crippen molar-refractivity contribution in [3.8, 4) is 6.07 Å². The molecule has 9 nitrogen and oxygen atoms in total. The number of hydrogen-bond donors (Lipinski definition) is 2. The van der Waals surface area contributed by atoms with Gasteiger partial charge in [0.2, 0.25) is 0 Å². The van der Waals surface area contributed by atoms with E-state index < -0.39 is 29.2 Å². The van der Waals surface area contributed by atoms with Crippen molar-refractivity contribution in [2.45, 2.75) is 45.8 Å². The first kappa shape index (κ1) is 30.4. The summed E-state index contributed by atoms with van der Waals surface area (Å²) < 4.78 is 41.4. The van der Waals surface area contributed by atoms with Crippen molar-refractivity contribution < 1.29 is 23.0 Å². The van der Waals surface area contributed by atoms with Crippen LogP contribution in [-0.2, 0) is 14.3 Å². The second-order valence-electron chi connectivity index (χ2n) is 10.6. The number of halogens is 3. The Labute approximate surface area is 246 Å². The van der Waals surface area contributed by atoms with Gasteiger partial charge < -0.3 is 25.0 Å². The van der Waals surface area contributed by atoms with Crippen molar-refractivity contribution >= 4 is 52.0 Å². The predicted octanol–water partition coefficient (Wildman–Crippen LogP) is 6.44. The molecule has 0 aliphatic carbocycles. The zero-order valence-corrected chi connectivity index (χ0v) is 24.7. The van der Waals surface area contributed by atoms with E-state index in [9.17, 15) is 14.4 Å². The van der Waals surface area contributed by atoms with Gasteiger partial charge in [0.1, 0.15) is 11.7 Å². The summed E-state index contributed by atoms with van der Waals surface area (Å²) in [6.07, 6.45) is 1.47. The fourth-order valence-electron chi connectivity index (χ4n) is 4.31. The lowest BCUT2D eigenvalue weighted by Crippen LogP contribution is -2.37. The molecule has 218 valence electrons. The molecule has 0 bridgehead atoms. The Bertz CT molecular complexity index is 1440. The number of carbonyl (C=O) groups is 1. The maximum absolute atomic E-state index is 15.2. The molecule has 13 heteroatoms. The SMILES string of the molecule is C[C@H](CC(=O)OC(C)(C)C)[C@H](Nc1nc(Nc2cnc(N3CCOCC3)c(F)c2)c(C#N)cc1F)c1ccc(Cl)s1. The molecular weight excluding hydrogens is 574 g/mol. The zero-order chi connectivity index (χ0) is 29.7. The van der Waals surface area contributed by atoms with E-state index in [4.69, 9.17) is 21.1 Å². The minimum atomic E-state index is -0.767. The van der Waals surface area contributed by atoms with Gasteiger partial charge in [0.25, 0.3) is 0 Å². The highest BCUT2D eigenvalue weighted by atomic mass is 35.5. The number of thiophene rings is 1. The van der Waals surface area contributed by atoms with Crippen LogP contribution in [0, 0.1) is 28.9 Å². The number of carbonyl (C=O) groups excluding carboxylic acids is 1. The molecule has 2 atom stereocenters. The van der Waals surface area contributed by atoms with Gasteiger partial charge in [0.05, 0.1) is 47.5 Å². The molecule has 1 aliphatic heterocycles. The summed E-state index contributed by atoms with van der Waals surface area (Å²) in [5.41, 5.74) is -0.494. The number of rotatable bonds is 9. The minimum absolute atomic E-state index is 0.0134. The van der Waals surface area contributed by atoms with Gasteiger partial charge in [-0.1, -0.05) is 18.5 Å². The van der Waals surface area contributed by atoms with Gasteiger partial charge in [0, 0.05) is 24.0 Å². The van der Waals surface area contributed by atoms with Gasteiger partial charge >= 0.3 is 5.97 Å². The van der Waals surface area contributed by atoms with Crippen molar-refractivity contribution in [1.82, 2.24) is 9.97 Å². The summed E-state index contributed by atoms with van der Waals surface area (Å²) in [6, 6.07) is 7.15. The first-order valence-corrected chi connectivity index (χ1v) is 14.2. The number of nitrogens with zero attached hydrogens (tertiary/aromatic N) is 4. The Hall–Kier alpha value is -3.53. The Morgan fingerprint density at radius 1 is 1.24 bits per heavy atom. The molecule has 4 rings (SSSR count). The second-order valence-corrected chi connectivity index (χ2v) is 12.4. The molecule has 1 fully saturated rings. The van der Waals surface area contributed by atoms with E-state index in [1.54, 1.807) is 37.8 Å². The lowest BCUT2D eigenvalue weighted by molar-refractivity contribution is -0.155. The minimum Gasteiger partial charge on any atom is -0.460 e. The van der Waals surface area contributed by atoms with Gasteiger partial charge in [0.15, 0.2) is 29.1 Å². The van der Waals surface area contributed by atoms with Crippen molar-refractivity contribution in [2.24, 2.45) is 5.92 Å².